The van der Waals surface area contributed by atoms with E-state index in [4.69, 9.17) is 9.94 Å². The number of ether oxygens (including phenoxy) is 1. The highest BCUT2D eigenvalue weighted by Crippen LogP contribution is 2.19. The number of amides is 1. The first-order valence-electron chi connectivity index (χ1n) is 6.25. The van der Waals surface area contributed by atoms with E-state index in [0.29, 0.717) is 23.0 Å². The van der Waals surface area contributed by atoms with Gasteiger partial charge in [-0.15, -0.1) is 11.3 Å². The molecule has 0 radical (unpaired) electrons. The predicted molar refractivity (Wildman–Crippen MR) is 72.9 cm³/mol. The average Bonchev–Trinajstić information content (AvgIpc) is 2.87. The fraction of sp³-hybridized carbons (Fsp3) is 0.583. The first-order chi connectivity index (χ1) is 9.19. The number of hydrogen-bond acceptors (Lipinski definition) is 6. The van der Waals surface area contributed by atoms with E-state index in [1.807, 2.05) is 0 Å². The summed E-state index contributed by atoms with van der Waals surface area (Å²) < 4.78 is 5.52. The average molecular weight is 283 g/mol. The fourth-order valence-corrected chi connectivity index (χ4v) is 2.66. The Morgan fingerprint density at radius 2 is 2.53 bits per heavy atom. The number of oxime groups is 1. The largest absolute Gasteiger partial charge is 0.411 e. The van der Waals surface area contributed by atoms with Crippen molar-refractivity contribution in [2.45, 2.75) is 38.7 Å². The molecule has 0 aliphatic carbocycles. The molecule has 2 rings (SSSR count). The number of anilines is 1. The Bertz CT molecular complexity index is 467. The molecule has 0 bridgehead atoms. The first-order valence-corrected chi connectivity index (χ1v) is 7.13. The molecule has 1 aromatic rings. The molecule has 7 heteroatoms. The standard InChI is InChI=1S/C12H17N3O3S/c1-8(15-17)10-7-19-12(13-10)14-11(16)6-9-4-2-3-5-18-9/h7,9,17H,2-6H2,1H3,(H,13,14,16). The van der Waals surface area contributed by atoms with E-state index in [1.165, 1.54) is 11.3 Å². The molecule has 0 aromatic carbocycles. The second-order valence-corrected chi connectivity index (χ2v) is 5.32. The smallest absolute Gasteiger partial charge is 0.228 e. The molecule has 0 saturated carbocycles. The second kappa shape index (κ2) is 6.63. The Hall–Kier alpha value is -1.47. The zero-order valence-electron chi connectivity index (χ0n) is 10.8. The molecule has 1 fully saturated rings. The van der Waals surface area contributed by atoms with E-state index in [9.17, 15) is 4.79 Å². The SMILES string of the molecule is CC(=NO)c1csc(NC(=O)CC2CCCCO2)n1. The van der Waals surface area contributed by atoms with Crippen LogP contribution in [0.25, 0.3) is 0 Å². The summed E-state index contributed by atoms with van der Waals surface area (Å²) in [7, 11) is 0. The van der Waals surface area contributed by atoms with Crippen LogP contribution in [0.5, 0.6) is 0 Å². The van der Waals surface area contributed by atoms with E-state index in [-0.39, 0.29) is 12.0 Å². The molecule has 2 N–H and O–H groups in total. The normalized spacial score (nSPS) is 20.3. The third-order valence-corrected chi connectivity index (χ3v) is 3.72. The summed E-state index contributed by atoms with van der Waals surface area (Å²) in [6.45, 7) is 2.39. The molecule has 1 amide bonds. The van der Waals surface area contributed by atoms with Crippen LogP contribution in [-0.2, 0) is 9.53 Å². The quantitative estimate of drug-likeness (QED) is 0.504. The Kier molecular flexibility index (Phi) is 4.86. The van der Waals surface area contributed by atoms with Crippen molar-refractivity contribution in [3.63, 3.8) is 0 Å². The van der Waals surface area contributed by atoms with Crippen molar-refractivity contribution in [3.8, 4) is 0 Å². The van der Waals surface area contributed by atoms with E-state index in [1.54, 1.807) is 12.3 Å². The molecule has 1 aromatic heterocycles. The van der Waals surface area contributed by atoms with Gasteiger partial charge in [-0.05, 0) is 26.2 Å². The fourth-order valence-electron chi connectivity index (χ4n) is 1.89. The second-order valence-electron chi connectivity index (χ2n) is 4.46. The summed E-state index contributed by atoms with van der Waals surface area (Å²) in [5.74, 6) is -0.0913. The number of nitrogens with zero attached hydrogens (tertiary/aromatic N) is 2. The van der Waals surface area contributed by atoms with E-state index < -0.39 is 0 Å². The van der Waals surface area contributed by atoms with Crippen molar-refractivity contribution in [3.05, 3.63) is 11.1 Å². The van der Waals surface area contributed by atoms with Crippen molar-refractivity contribution >= 4 is 28.1 Å². The Morgan fingerprint density at radius 1 is 1.68 bits per heavy atom. The maximum atomic E-state index is 11.8. The molecule has 1 saturated heterocycles. The molecule has 19 heavy (non-hydrogen) atoms. The van der Waals surface area contributed by atoms with Gasteiger partial charge in [0.05, 0.1) is 12.5 Å². The number of hydrogen-bond donors (Lipinski definition) is 2. The van der Waals surface area contributed by atoms with Crippen molar-refractivity contribution in [2.24, 2.45) is 5.16 Å². The summed E-state index contributed by atoms with van der Waals surface area (Å²) in [6.07, 6.45) is 3.52. The van der Waals surface area contributed by atoms with Crippen LogP contribution in [0, 0.1) is 0 Å². The molecule has 104 valence electrons. The summed E-state index contributed by atoms with van der Waals surface area (Å²) in [6, 6.07) is 0. The topological polar surface area (TPSA) is 83.8 Å². The number of thiazole rings is 1. The number of carbonyl (C=O) groups is 1. The highest BCUT2D eigenvalue weighted by Gasteiger charge is 2.18. The molecule has 1 aliphatic rings. The van der Waals surface area contributed by atoms with Gasteiger partial charge in [0.2, 0.25) is 5.91 Å². The van der Waals surface area contributed by atoms with Crippen molar-refractivity contribution in [1.82, 2.24) is 4.98 Å². The van der Waals surface area contributed by atoms with Gasteiger partial charge < -0.3 is 15.3 Å². The van der Waals surface area contributed by atoms with E-state index in [0.717, 1.165) is 25.9 Å². The highest BCUT2D eigenvalue weighted by molar-refractivity contribution is 7.14. The maximum Gasteiger partial charge on any atom is 0.228 e. The van der Waals surface area contributed by atoms with E-state index >= 15 is 0 Å². The van der Waals surface area contributed by atoms with Gasteiger partial charge in [-0.1, -0.05) is 5.16 Å². The summed E-state index contributed by atoms with van der Waals surface area (Å²) in [5.41, 5.74) is 0.990. The number of aromatic nitrogens is 1. The molecule has 0 spiro atoms. The molecule has 1 aliphatic heterocycles. The van der Waals surface area contributed by atoms with Crippen LogP contribution in [0.3, 0.4) is 0 Å². The highest BCUT2D eigenvalue weighted by atomic mass is 32.1. The van der Waals surface area contributed by atoms with Crippen LogP contribution in [0.4, 0.5) is 5.13 Å². The lowest BCUT2D eigenvalue weighted by molar-refractivity contribution is -0.119. The Balaban J connectivity index is 1.86. The minimum Gasteiger partial charge on any atom is -0.411 e. The van der Waals surface area contributed by atoms with Crippen molar-refractivity contribution in [2.75, 3.05) is 11.9 Å². The van der Waals surface area contributed by atoms with Crippen molar-refractivity contribution < 1.29 is 14.7 Å². The zero-order chi connectivity index (χ0) is 13.7. The summed E-state index contributed by atoms with van der Waals surface area (Å²) >= 11 is 1.31. The zero-order valence-corrected chi connectivity index (χ0v) is 11.6. The molecular weight excluding hydrogens is 266 g/mol. The lowest BCUT2D eigenvalue weighted by atomic mass is 10.1. The number of carbonyl (C=O) groups excluding carboxylic acids is 1. The van der Waals surface area contributed by atoms with Gasteiger partial charge in [-0.2, -0.15) is 0 Å². The van der Waals surface area contributed by atoms with Gasteiger partial charge in [0, 0.05) is 12.0 Å². The van der Waals surface area contributed by atoms with E-state index in [2.05, 4.69) is 15.5 Å². The molecule has 1 atom stereocenters. The molecule has 1 unspecified atom stereocenters. The predicted octanol–water partition coefficient (Wildman–Crippen LogP) is 2.24. The first kappa shape index (κ1) is 14.0. The monoisotopic (exact) mass is 283 g/mol. The van der Waals surface area contributed by atoms with Gasteiger partial charge in [0.25, 0.3) is 0 Å². The minimum absolute atomic E-state index is 0.0222. The van der Waals surface area contributed by atoms with Crippen molar-refractivity contribution in [1.29, 1.82) is 0 Å². The van der Waals surface area contributed by atoms with Gasteiger partial charge in [-0.25, -0.2) is 4.98 Å². The van der Waals surface area contributed by atoms with Gasteiger partial charge in [0.15, 0.2) is 5.13 Å². The van der Waals surface area contributed by atoms with Gasteiger partial charge in [0.1, 0.15) is 11.4 Å². The van der Waals surface area contributed by atoms with Gasteiger partial charge >= 0.3 is 0 Å². The van der Waals surface area contributed by atoms with Crippen LogP contribution < -0.4 is 5.32 Å². The lowest BCUT2D eigenvalue weighted by Crippen LogP contribution is -2.25. The Morgan fingerprint density at radius 3 is 3.21 bits per heavy atom. The van der Waals surface area contributed by atoms with Gasteiger partial charge in [-0.3, -0.25) is 4.79 Å². The third kappa shape index (κ3) is 4.00. The molecular formula is C12H17N3O3S. The van der Waals surface area contributed by atoms with Crippen LogP contribution in [0.2, 0.25) is 0 Å². The van der Waals surface area contributed by atoms with Crippen LogP contribution in [0.1, 0.15) is 38.3 Å². The maximum absolute atomic E-state index is 11.8. The van der Waals surface area contributed by atoms with Crippen LogP contribution in [-0.4, -0.2) is 34.5 Å². The Labute approximate surface area is 115 Å². The molecule has 2 heterocycles. The van der Waals surface area contributed by atoms with Crippen LogP contribution >= 0.6 is 11.3 Å². The summed E-state index contributed by atoms with van der Waals surface area (Å²) in [4.78, 5) is 16.0. The summed E-state index contributed by atoms with van der Waals surface area (Å²) in [5, 5.41) is 16.7. The number of nitrogens with one attached hydrogen (secondary N) is 1. The number of rotatable bonds is 4. The molecule has 6 nitrogen and oxygen atoms in total. The lowest BCUT2D eigenvalue weighted by Gasteiger charge is -2.21. The third-order valence-electron chi connectivity index (χ3n) is 2.96. The minimum atomic E-state index is -0.0913. The van der Waals surface area contributed by atoms with Crippen LogP contribution in [0.15, 0.2) is 10.5 Å².